The topological polar surface area (TPSA) is 75.3 Å². The van der Waals surface area contributed by atoms with Gasteiger partial charge < -0.3 is 4.18 Å². The first-order valence-corrected chi connectivity index (χ1v) is 7.13. The van der Waals surface area contributed by atoms with Crippen molar-refractivity contribution in [1.82, 2.24) is 15.1 Å². The van der Waals surface area contributed by atoms with Gasteiger partial charge in [0.05, 0.1) is 0 Å². The normalized spacial score (nSPS) is 11.8. The van der Waals surface area contributed by atoms with Crippen LogP contribution in [0.3, 0.4) is 0 Å². The van der Waals surface area contributed by atoms with E-state index in [2.05, 4.69) is 19.3 Å². The third-order valence-electron chi connectivity index (χ3n) is 2.57. The van der Waals surface area contributed by atoms with Gasteiger partial charge >= 0.3 is 10.5 Å². The van der Waals surface area contributed by atoms with Crippen LogP contribution < -0.4 is 4.18 Å². The van der Waals surface area contributed by atoms with Gasteiger partial charge in [0.1, 0.15) is 5.75 Å². The molecular formula is C12H14FN3O3S. The van der Waals surface area contributed by atoms with Crippen molar-refractivity contribution in [2.24, 2.45) is 0 Å². The van der Waals surface area contributed by atoms with Gasteiger partial charge in [-0.05, 0) is 30.8 Å². The van der Waals surface area contributed by atoms with Gasteiger partial charge in [-0.3, -0.25) is 10.00 Å². The van der Waals surface area contributed by atoms with Crippen molar-refractivity contribution < 1.29 is 16.5 Å². The summed E-state index contributed by atoms with van der Waals surface area (Å²) < 4.78 is 37.1. The van der Waals surface area contributed by atoms with Gasteiger partial charge in [0.25, 0.3) is 0 Å². The lowest BCUT2D eigenvalue weighted by molar-refractivity contribution is 0.315. The molecule has 0 aliphatic carbocycles. The molecule has 0 radical (unpaired) electrons. The van der Waals surface area contributed by atoms with Crippen LogP contribution in [0.2, 0.25) is 0 Å². The number of benzene rings is 1. The molecule has 0 aliphatic rings. The fourth-order valence-electron chi connectivity index (χ4n) is 1.80. The summed E-state index contributed by atoms with van der Waals surface area (Å²) >= 11 is 0. The van der Waals surface area contributed by atoms with Crippen molar-refractivity contribution in [3.05, 3.63) is 47.8 Å². The largest absolute Gasteiger partial charge is 0.488 e. The minimum atomic E-state index is -4.97. The number of aromatic amines is 1. The Hall–Kier alpha value is -1.93. The molecule has 1 aromatic carbocycles. The number of nitrogens with zero attached hydrogens (tertiary/aromatic N) is 2. The molecule has 0 spiro atoms. The summed E-state index contributed by atoms with van der Waals surface area (Å²) in [6.45, 7) is 1.36. The second-order valence-corrected chi connectivity index (χ2v) is 5.33. The van der Waals surface area contributed by atoms with Crippen LogP contribution in [0.4, 0.5) is 3.89 Å². The smallest absolute Gasteiger partial charge is 0.358 e. The first-order chi connectivity index (χ1) is 9.42. The van der Waals surface area contributed by atoms with Gasteiger partial charge in [0.15, 0.2) is 0 Å². The fourth-order valence-corrected chi connectivity index (χ4v) is 2.14. The van der Waals surface area contributed by atoms with Crippen LogP contribution >= 0.6 is 0 Å². The molecule has 0 unspecified atom stereocenters. The number of hydrogen-bond donors (Lipinski definition) is 1. The Morgan fingerprint density at radius 2 is 1.95 bits per heavy atom. The highest BCUT2D eigenvalue weighted by Crippen LogP contribution is 2.16. The Labute approximate surface area is 116 Å². The van der Waals surface area contributed by atoms with Gasteiger partial charge in [-0.15, -0.1) is 0 Å². The van der Waals surface area contributed by atoms with Crippen molar-refractivity contribution in [3.8, 4) is 5.75 Å². The van der Waals surface area contributed by atoms with Crippen LogP contribution in [0.25, 0.3) is 0 Å². The highest BCUT2D eigenvalue weighted by atomic mass is 32.3. The average molecular weight is 299 g/mol. The number of halogens is 1. The summed E-state index contributed by atoms with van der Waals surface area (Å²) in [5.74, 6) is -0.0486. The molecule has 0 amide bonds. The van der Waals surface area contributed by atoms with Gasteiger partial charge in [0, 0.05) is 25.0 Å². The number of aromatic nitrogens is 2. The minimum Gasteiger partial charge on any atom is -0.358 e. The second-order valence-electron chi connectivity index (χ2n) is 4.37. The molecule has 20 heavy (non-hydrogen) atoms. The molecule has 8 heteroatoms. The third kappa shape index (κ3) is 4.63. The average Bonchev–Trinajstić information content (AvgIpc) is 2.82. The van der Waals surface area contributed by atoms with Crippen LogP contribution in [0, 0.1) is 0 Å². The maximum Gasteiger partial charge on any atom is 0.488 e. The molecule has 1 heterocycles. The zero-order valence-corrected chi connectivity index (χ0v) is 11.6. The molecule has 1 aromatic heterocycles. The molecule has 0 bridgehead atoms. The first-order valence-electron chi connectivity index (χ1n) is 5.82. The van der Waals surface area contributed by atoms with Crippen molar-refractivity contribution in [2.75, 3.05) is 7.05 Å². The lowest BCUT2D eigenvalue weighted by Gasteiger charge is -2.15. The van der Waals surface area contributed by atoms with E-state index in [9.17, 15) is 12.3 Å². The molecule has 2 rings (SSSR count). The lowest BCUT2D eigenvalue weighted by Crippen LogP contribution is -2.17. The SMILES string of the molecule is CN(Cc1ccc(OS(=O)(=O)F)cc1)Cc1ccn[nH]1. The molecule has 0 fully saturated rings. The van der Waals surface area contributed by atoms with Crippen molar-refractivity contribution >= 4 is 10.5 Å². The van der Waals surface area contributed by atoms with Gasteiger partial charge in [-0.2, -0.15) is 13.5 Å². The number of nitrogens with one attached hydrogen (secondary N) is 1. The minimum absolute atomic E-state index is 0.0486. The Bertz CT molecular complexity index is 641. The van der Waals surface area contributed by atoms with Crippen LogP contribution in [-0.2, 0) is 23.6 Å². The maximum atomic E-state index is 12.3. The van der Waals surface area contributed by atoms with Crippen molar-refractivity contribution in [3.63, 3.8) is 0 Å². The van der Waals surface area contributed by atoms with E-state index < -0.39 is 10.5 Å². The summed E-state index contributed by atoms with van der Waals surface area (Å²) in [5, 5.41) is 6.74. The predicted octanol–water partition coefficient (Wildman–Crippen LogP) is 1.63. The van der Waals surface area contributed by atoms with E-state index in [1.807, 2.05) is 13.1 Å². The predicted molar refractivity (Wildman–Crippen MR) is 70.9 cm³/mol. The molecule has 108 valence electrons. The number of rotatable bonds is 6. The van der Waals surface area contributed by atoms with Gasteiger partial charge in [0.2, 0.25) is 0 Å². The second kappa shape index (κ2) is 6.02. The number of H-pyrrole nitrogens is 1. The third-order valence-corrected chi connectivity index (χ3v) is 2.96. The molecular weight excluding hydrogens is 285 g/mol. The standard InChI is InChI=1S/C12H14FN3O3S/c1-16(9-11-6-7-14-15-11)8-10-2-4-12(5-3-10)19-20(13,17)18/h2-7H,8-9H2,1H3,(H,14,15). The number of hydrogen-bond acceptors (Lipinski definition) is 5. The summed E-state index contributed by atoms with van der Waals surface area (Å²) in [7, 11) is -3.03. The molecule has 2 aromatic rings. The molecule has 6 nitrogen and oxygen atoms in total. The zero-order valence-electron chi connectivity index (χ0n) is 10.8. The summed E-state index contributed by atoms with van der Waals surface area (Å²) in [6.07, 6.45) is 1.69. The fraction of sp³-hybridized carbons (Fsp3) is 0.250. The van der Waals surface area contributed by atoms with E-state index in [1.54, 1.807) is 18.3 Å². The van der Waals surface area contributed by atoms with E-state index in [0.29, 0.717) is 13.1 Å². The Morgan fingerprint density at radius 1 is 1.25 bits per heavy atom. The zero-order chi connectivity index (χ0) is 14.6. The quantitative estimate of drug-likeness (QED) is 0.821. The van der Waals surface area contributed by atoms with Crippen molar-refractivity contribution in [1.29, 1.82) is 0 Å². The van der Waals surface area contributed by atoms with E-state index in [0.717, 1.165) is 11.3 Å². The molecule has 1 N–H and O–H groups in total. The van der Waals surface area contributed by atoms with Crippen LogP contribution in [0.5, 0.6) is 5.75 Å². The van der Waals surface area contributed by atoms with E-state index in [1.165, 1.54) is 12.1 Å². The molecule has 0 aliphatic heterocycles. The Morgan fingerprint density at radius 3 is 2.50 bits per heavy atom. The summed E-state index contributed by atoms with van der Waals surface area (Å²) in [5.41, 5.74) is 1.95. The highest BCUT2D eigenvalue weighted by Gasteiger charge is 2.09. The van der Waals surface area contributed by atoms with Crippen LogP contribution in [-0.4, -0.2) is 30.6 Å². The van der Waals surface area contributed by atoms with Crippen LogP contribution in [0.1, 0.15) is 11.3 Å². The van der Waals surface area contributed by atoms with Crippen LogP contribution in [0.15, 0.2) is 36.5 Å². The summed E-state index contributed by atoms with van der Waals surface area (Å²) in [6, 6.07) is 8.08. The summed E-state index contributed by atoms with van der Waals surface area (Å²) in [4.78, 5) is 2.05. The molecule has 0 saturated heterocycles. The highest BCUT2D eigenvalue weighted by molar-refractivity contribution is 7.81. The van der Waals surface area contributed by atoms with Gasteiger partial charge in [-0.1, -0.05) is 16.0 Å². The first kappa shape index (κ1) is 14.5. The van der Waals surface area contributed by atoms with E-state index >= 15 is 0 Å². The van der Waals surface area contributed by atoms with E-state index in [-0.39, 0.29) is 5.75 Å². The molecule has 0 atom stereocenters. The van der Waals surface area contributed by atoms with Gasteiger partial charge in [-0.25, -0.2) is 0 Å². The monoisotopic (exact) mass is 299 g/mol. The Balaban J connectivity index is 1.93. The maximum absolute atomic E-state index is 12.3. The molecule has 0 saturated carbocycles. The Kier molecular flexibility index (Phi) is 4.35. The lowest BCUT2D eigenvalue weighted by atomic mass is 10.2. The van der Waals surface area contributed by atoms with E-state index in [4.69, 9.17) is 0 Å². The van der Waals surface area contributed by atoms with Crippen molar-refractivity contribution in [2.45, 2.75) is 13.1 Å².